The average Bonchev–Trinajstić information content (AvgIpc) is 3.03. The summed E-state index contributed by atoms with van der Waals surface area (Å²) in [6.07, 6.45) is 0. The number of amides is 1. The number of ether oxygens (including phenoxy) is 1. The summed E-state index contributed by atoms with van der Waals surface area (Å²) in [5.74, 6) is 0.421. The van der Waals surface area contributed by atoms with Crippen molar-refractivity contribution in [1.82, 2.24) is 20.4 Å². The monoisotopic (exact) mass is 323 g/mol. The Morgan fingerprint density at radius 2 is 1.96 bits per heavy atom. The molecule has 3 aromatic rings. The van der Waals surface area contributed by atoms with Crippen LogP contribution in [0.5, 0.6) is 5.75 Å². The smallest absolute Gasteiger partial charge is 0.271 e. The molecule has 0 aliphatic rings. The van der Waals surface area contributed by atoms with Gasteiger partial charge in [-0.1, -0.05) is 17.3 Å². The average molecular weight is 323 g/mol. The third-order valence-corrected chi connectivity index (χ3v) is 3.50. The number of fused-ring (bicyclic) bond motifs is 1. The van der Waals surface area contributed by atoms with Gasteiger partial charge in [0.15, 0.2) is 0 Å². The number of hydrogen-bond acceptors (Lipinski definition) is 5. The van der Waals surface area contributed by atoms with E-state index < -0.39 is 0 Å². The van der Waals surface area contributed by atoms with Gasteiger partial charge in [0.2, 0.25) is 0 Å². The van der Waals surface area contributed by atoms with Gasteiger partial charge in [-0.2, -0.15) is 5.10 Å². The molecule has 0 bridgehead atoms. The number of rotatable bonds is 5. The van der Waals surface area contributed by atoms with Crippen LogP contribution in [0.1, 0.15) is 17.3 Å². The molecule has 0 aliphatic heterocycles. The molecule has 0 atom stereocenters. The molecule has 0 saturated heterocycles. The Bertz CT molecular complexity index is 883. The van der Waals surface area contributed by atoms with Crippen molar-refractivity contribution in [3.05, 3.63) is 54.1 Å². The maximum absolute atomic E-state index is 12.1. The molecule has 122 valence electrons. The standard InChI is InChI=1S/C17H17N5O2/c1-12(11-22-16-6-4-3-5-15(16)19-21-22)18-20-17(23)13-7-9-14(24-2)10-8-13/h3-10H,11H2,1-2H3,(H,20,23)/b18-12+. The lowest BCUT2D eigenvalue weighted by molar-refractivity contribution is 0.0954. The van der Waals surface area contributed by atoms with Gasteiger partial charge in [0, 0.05) is 5.56 Å². The van der Waals surface area contributed by atoms with E-state index in [0.717, 1.165) is 11.0 Å². The third kappa shape index (κ3) is 3.40. The highest BCUT2D eigenvalue weighted by Gasteiger charge is 2.07. The van der Waals surface area contributed by atoms with Crippen molar-refractivity contribution in [3.8, 4) is 5.75 Å². The van der Waals surface area contributed by atoms with Crippen LogP contribution in [0.3, 0.4) is 0 Å². The second kappa shape index (κ2) is 6.91. The van der Waals surface area contributed by atoms with Crippen LogP contribution in [0.25, 0.3) is 11.0 Å². The summed E-state index contributed by atoms with van der Waals surface area (Å²) in [6, 6.07) is 14.5. The minimum Gasteiger partial charge on any atom is -0.497 e. The predicted molar refractivity (Wildman–Crippen MR) is 91.1 cm³/mol. The maximum atomic E-state index is 12.1. The van der Waals surface area contributed by atoms with E-state index in [-0.39, 0.29) is 5.91 Å². The van der Waals surface area contributed by atoms with Gasteiger partial charge in [0.1, 0.15) is 11.3 Å². The SMILES string of the molecule is COc1ccc(C(=O)N/N=C(\C)Cn2nnc3ccccc32)cc1. The van der Waals surface area contributed by atoms with Crippen LogP contribution in [0, 0.1) is 0 Å². The zero-order valence-electron chi connectivity index (χ0n) is 13.4. The number of carbonyl (C=O) groups is 1. The molecule has 0 fully saturated rings. The molecule has 0 radical (unpaired) electrons. The highest BCUT2D eigenvalue weighted by atomic mass is 16.5. The van der Waals surface area contributed by atoms with Crippen molar-refractivity contribution >= 4 is 22.7 Å². The molecule has 0 saturated carbocycles. The summed E-state index contributed by atoms with van der Waals surface area (Å²) in [5, 5.41) is 12.3. The van der Waals surface area contributed by atoms with E-state index in [1.807, 2.05) is 31.2 Å². The van der Waals surface area contributed by atoms with E-state index in [0.29, 0.717) is 23.6 Å². The van der Waals surface area contributed by atoms with Gasteiger partial charge in [-0.25, -0.2) is 10.1 Å². The number of para-hydroxylation sites is 1. The first-order valence-corrected chi connectivity index (χ1v) is 7.43. The first kappa shape index (κ1) is 15.7. The fourth-order valence-electron chi connectivity index (χ4n) is 2.24. The molecule has 1 aromatic heterocycles. The molecular weight excluding hydrogens is 306 g/mol. The van der Waals surface area contributed by atoms with Gasteiger partial charge in [-0.15, -0.1) is 5.10 Å². The second-order valence-electron chi connectivity index (χ2n) is 5.25. The Hall–Kier alpha value is -3.22. The van der Waals surface area contributed by atoms with Crippen LogP contribution in [0.2, 0.25) is 0 Å². The highest BCUT2D eigenvalue weighted by molar-refractivity contribution is 5.95. The zero-order chi connectivity index (χ0) is 16.9. The lowest BCUT2D eigenvalue weighted by atomic mass is 10.2. The van der Waals surface area contributed by atoms with Crippen LogP contribution < -0.4 is 10.2 Å². The van der Waals surface area contributed by atoms with Crippen molar-refractivity contribution in [2.45, 2.75) is 13.5 Å². The lowest BCUT2D eigenvalue weighted by Gasteiger charge is -2.04. The Morgan fingerprint density at radius 1 is 1.21 bits per heavy atom. The normalized spacial score (nSPS) is 11.5. The van der Waals surface area contributed by atoms with Gasteiger partial charge in [0.25, 0.3) is 5.91 Å². The number of methoxy groups -OCH3 is 1. The number of carbonyl (C=O) groups excluding carboxylic acids is 1. The molecule has 1 heterocycles. The van der Waals surface area contributed by atoms with Crippen molar-refractivity contribution in [3.63, 3.8) is 0 Å². The van der Waals surface area contributed by atoms with Gasteiger partial charge in [0.05, 0.1) is 24.9 Å². The number of nitrogens with one attached hydrogen (secondary N) is 1. The van der Waals surface area contributed by atoms with Gasteiger partial charge in [-0.3, -0.25) is 4.79 Å². The Labute approximate surface area is 138 Å². The molecule has 7 heteroatoms. The van der Waals surface area contributed by atoms with Crippen LogP contribution in [0.4, 0.5) is 0 Å². The Balaban J connectivity index is 1.66. The summed E-state index contributed by atoms with van der Waals surface area (Å²) in [6.45, 7) is 2.27. The van der Waals surface area contributed by atoms with Crippen molar-refractivity contribution in [1.29, 1.82) is 0 Å². The number of aromatic nitrogens is 3. The summed E-state index contributed by atoms with van der Waals surface area (Å²) in [5.41, 5.74) is 5.52. The fraction of sp³-hybridized carbons (Fsp3) is 0.176. The highest BCUT2D eigenvalue weighted by Crippen LogP contribution is 2.11. The molecule has 1 amide bonds. The molecule has 1 N–H and O–H groups in total. The second-order valence-corrected chi connectivity index (χ2v) is 5.25. The molecule has 3 rings (SSSR count). The number of hydrogen-bond donors (Lipinski definition) is 1. The Morgan fingerprint density at radius 3 is 2.71 bits per heavy atom. The van der Waals surface area contributed by atoms with Crippen LogP contribution in [-0.4, -0.2) is 33.7 Å². The maximum Gasteiger partial charge on any atom is 0.271 e. The predicted octanol–water partition coefficient (Wildman–Crippen LogP) is 2.25. The number of hydrazone groups is 1. The molecule has 0 spiro atoms. The van der Waals surface area contributed by atoms with E-state index in [2.05, 4.69) is 20.8 Å². The largest absolute Gasteiger partial charge is 0.497 e. The minimum atomic E-state index is -0.277. The summed E-state index contributed by atoms with van der Waals surface area (Å²) >= 11 is 0. The van der Waals surface area contributed by atoms with E-state index in [1.165, 1.54) is 0 Å². The van der Waals surface area contributed by atoms with Crippen molar-refractivity contribution < 1.29 is 9.53 Å². The molecule has 2 aromatic carbocycles. The molecule has 0 aliphatic carbocycles. The summed E-state index contributed by atoms with van der Waals surface area (Å²) in [7, 11) is 1.58. The molecule has 7 nitrogen and oxygen atoms in total. The molecule has 0 unspecified atom stereocenters. The van der Waals surface area contributed by atoms with Gasteiger partial charge in [-0.05, 0) is 43.3 Å². The lowest BCUT2D eigenvalue weighted by Crippen LogP contribution is -2.20. The quantitative estimate of drug-likeness (QED) is 0.577. The summed E-state index contributed by atoms with van der Waals surface area (Å²) < 4.78 is 6.81. The van der Waals surface area contributed by atoms with E-state index >= 15 is 0 Å². The number of benzene rings is 2. The van der Waals surface area contributed by atoms with Crippen LogP contribution in [-0.2, 0) is 6.54 Å². The van der Waals surface area contributed by atoms with E-state index in [9.17, 15) is 4.79 Å². The van der Waals surface area contributed by atoms with Crippen molar-refractivity contribution in [2.24, 2.45) is 5.10 Å². The minimum absolute atomic E-state index is 0.277. The third-order valence-electron chi connectivity index (χ3n) is 3.50. The molecule has 24 heavy (non-hydrogen) atoms. The van der Waals surface area contributed by atoms with E-state index in [1.54, 1.807) is 36.1 Å². The fourth-order valence-corrected chi connectivity index (χ4v) is 2.24. The topological polar surface area (TPSA) is 81.4 Å². The van der Waals surface area contributed by atoms with Crippen LogP contribution >= 0.6 is 0 Å². The van der Waals surface area contributed by atoms with Gasteiger partial charge < -0.3 is 4.74 Å². The van der Waals surface area contributed by atoms with Crippen LogP contribution in [0.15, 0.2) is 53.6 Å². The number of nitrogens with zero attached hydrogens (tertiary/aromatic N) is 4. The molecular formula is C17H17N5O2. The first-order valence-electron chi connectivity index (χ1n) is 7.43. The van der Waals surface area contributed by atoms with Gasteiger partial charge >= 0.3 is 0 Å². The Kier molecular flexibility index (Phi) is 4.51. The van der Waals surface area contributed by atoms with Crippen molar-refractivity contribution in [2.75, 3.05) is 7.11 Å². The summed E-state index contributed by atoms with van der Waals surface area (Å²) in [4.78, 5) is 12.1. The first-order chi connectivity index (χ1) is 11.7. The zero-order valence-corrected chi connectivity index (χ0v) is 13.4. The van der Waals surface area contributed by atoms with E-state index in [4.69, 9.17) is 4.74 Å².